The molecule has 4 aromatic rings. The average Bonchev–Trinajstić information content (AvgIpc) is 2.99. The number of nitrogens with one attached hydrogen (secondary N) is 1. The summed E-state index contributed by atoms with van der Waals surface area (Å²) in [6.45, 7) is 3.22. The number of rotatable bonds is 12. The van der Waals surface area contributed by atoms with E-state index >= 15 is 0 Å². The summed E-state index contributed by atoms with van der Waals surface area (Å²) in [5.41, 5.74) is 6.85. The molecular formula is C34H33N3O3S. The lowest BCUT2D eigenvalue weighted by atomic mass is 9.93. The second kappa shape index (κ2) is 14.2. The maximum atomic E-state index is 13.5. The fourth-order valence-electron chi connectivity index (χ4n) is 4.72. The van der Waals surface area contributed by atoms with Crippen LogP contribution in [0.25, 0.3) is 11.1 Å². The Morgan fingerprint density at radius 3 is 2.24 bits per heavy atom. The van der Waals surface area contributed by atoms with Crippen LogP contribution in [0.4, 0.5) is 5.69 Å². The monoisotopic (exact) mass is 563 g/mol. The smallest absolute Gasteiger partial charge is 0.326 e. The highest BCUT2D eigenvalue weighted by Gasteiger charge is 2.23. The molecule has 0 spiro atoms. The molecule has 7 heteroatoms. The fourth-order valence-corrected chi connectivity index (χ4v) is 5.20. The molecule has 1 amide bonds. The maximum Gasteiger partial charge on any atom is 0.326 e. The van der Waals surface area contributed by atoms with Gasteiger partial charge in [0, 0.05) is 24.3 Å². The Morgan fingerprint density at radius 1 is 0.902 bits per heavy atom. The van der Waals surface area contributed by atoms with Crippen LogP contribution in [0.15, 0.2) is 97.1 Å². The van der Waals surface area contributed by atoms with E-state index in [4.69, 9.17) is 0 Å². The van der Waals surface area contributed by atoms with Crippen LogP contribution in [0.1, 0.15) is 39.0 Å². The number of carboxylic acid groups (broad SMARTS) is 1. The highest BCUT2D eigenvalue weighted by Crippen LogP contribution is 2.30. The zero-order valence-electron chi connectivity index (χ0n) is 23.2. The van der Waals surface area contributed by atoms with Crippen LogP contribution in [0.3, 0.4) is 0 Å². The van der Waals surface area contributed by atoms with Gasteiger partial charge in [0.25, 0.3) is 5.91 Å². The van der Waals surface area contributed by atoms with E-state index in [1.165, 1.54) is 0 Å². The number of amides is 1. The van der Waals surface area contributed by atoms with Crippen molar-refractivity contribution in [3.05, 3.63) is 125 Å². The Kier molecular flexibility index (Phi) is 10.2. The minimum Gasteiger partial charge on any atom is -0.480 e. The lowest BCUT2D eigenvalue weighted by molar-refractivity contribution is -0.139. The van der Waals surface area contributed by atoms with Gasteiger partial charge in [0.15, 0.2) is 0 Å². The highest BCUT2D eigenvalue weighted by molar-refractivity contribution is 7.98. The number of carbonyl (C=O) groups is 2. The predicted octanol–water partition coefficient (Wildman–Crippen LogP) is 6.68. The first-order valence-corrected chi connectivity index (χ1v) is 14.8. The normalized spacial score (nSPS) is 11.3. The standard InChI is InChI=1S/C34H33N3O3S/c1-24-8-6-7-11-29(24)31-20-27(14-17-30(31)33(38)36-32(34(39)40)18-19-41-2)23-37(22-26-9-4-3-5-10-26)28-15-12-25(21-35)13-16-28/h3-17,20,32H,18-19,22-23H2,1-2H3,(H,36,38)(H,39,40)/t32-/m0/s1. The van der Waals surface area contributed by atoms with E-state index in [9.17, 15) is 20.0 Å². The number of carboxylic acids is 1. The molecule has 0 radical (unpaired) electrons. The van der Waals surface area contributed by atoms with Crippen LogP contribution in [0.5, 0.6) is 0 Å². The molecule has 0 heterocycles. The Bertz CT molecular complexity index is 1530. The van der Waals surface area contributed by atoms with Crippen molar-refractivity contribution in [3.63, 3.8) is 0 Å². The van der Waals surface area contributed by atoms with Crippen molar-refractivity contribution in [2.75, 3.05) is 16.9 Å². The lowest BCUT2D eigenvalue weighted by Gasteiger charge is -2.26. The summed E-state index contributed by atoms with van der Waals surface area (Å²) in [7, 11) is 0. The number of aryl methyl sites for hydroxylation is 1. The Labute approximate surface area is 245 Å². The van der Waals surface area contributed by atoms with Gasteiger partial charge in [-0.05, 0) is 89.6 Å². The topological polar surface area (TPSA) is 93.4 Å². The minimum atomic E-state index is -1.04. The molecule has 0 bridgehead atoms. The molecule has 208 valence electrons. The molecule has 4 rings (SSSR count). The van der Waals surface area contributed by atoms with Gasteiger partial charge in [0.1, 0.15) is 6.04 Å². The number of nitriles is 1. The van der Waals surface area contributed by atoms with E-state index in [-0.39, 0.29) is 0 Å². The quantitative estimate of drug-likeness (QED) is 0.200. The van der Waals surface area contributed by atoms with Crippen molar-refractivity contribution >= 4 is 29.3 Å². The third-order valence-electron chi connectivity index (χ3n) is 6.93. The molecule has 0 saturated carbocycles. The largest absolute Gasteiger partial charge is 0.480 e. The van der Waals surface area contributed by atoms with Crippen LogP contribution < -0.4 is 10.2 Å². The summed E-state index contributed by atoms with van der Waals surface area (Å²) >= 11 is 1.55. The van der Waals surface area contributed by atoms with Gasteiger partial charge in [0.05, 0.1) is 11.6 Å². The van der Waals surface area contributed by atoms with E-state index < -0.39 is 17.9 Å². The summed E-state index contributed by atoms with van der Waals surface area (Å²) in [5.74, 6) is -0.815. The number of anilines is 1. The van der Waals surface area contributed by atoms with Crippen molar-refractivity contribution < 1.29 is 14.7 Å². The zero-order valence-corrected chi connectivity index (χ0v) is 24.0. The van der Waals surface area contributed by atoms with Crippen molar-refractivity contribution in [2.45, 2.75) is 32.5 Å². The molecule has 0 unspecified atom stereocenters. The molecule has 0 fully saturated rings. The fraction of sp³-hybridized carbons (Fsp3) is 0.206. The highest BCUT2D eigenvalue weighted by atomic mass is 32.2. The Balaban J connectivity index is 1.72. The number of hydrogen-bond acceptors (Lipinski definition) is 5. The number of carbonyl (C=O) groups excluding carboxylic acids is 1. The summed E-state index contributed by atoms with van der Waals surface area (Å²) in [6, 6.07) is 32.5. The summed E-state index contributed by atoms with van der Waals surface area (Å²) in [5, 5.41) is 21.7. The second-order valence-corrected chi connectivity index (χ2v) is 10.8. The van der Waals surface area contributed by atoms with E-state index in [0.29, 0.717) is 36.4 Å². The van der Waals surface area contributed by atoms with Gasteiger partial charge in [-0.3, -0.25) is 4.79 Å². The predicted molar refractivity (Wildman–Crippen MR) is 166 cm³/mol. The van der Waals surface area contributed by atoms with Crippen LogP contribution >= 0.6 is 11.8 Å². The van der Waals surface area contributed by atoms with Crippen LogP contribution in [0.2, 0.25) is 0 Å². The number of thioether (sulfide) groups is 1. The van der Waals surface area contributed by atoms with Crippen molar-refractivity contribution in [3.8, 4) is 17.2 Å². The van der Waals surface area contributed by atoms with Crippen LogP contribution in [0, 0.1) is 18.3 Å². The molecule has 0 aliphatic heterocycles. The molecule has 0 aliphatic carbocycles. The van der Waals surface area contributed by atoms with Crippen LogP contribution in [-0.2, 0) is 17.9 Å². The zero-order chi connectivity index (χ0) is 29.2. The van der Waals surface area contributed by atoms with Gasteiger partial charge in [0.2, 0.25) is 0 Å². The van der Waals surface area contributed by atoms with Crippen molar-refractivity contribution in [1.29, 1.82) is 5.26 Å². The Hall–Kier alpha value is -4.54. The van der Waals surface area contributed by atoms with E-state index in [2.05, 4.69) is 28.4 Å². The van der Waals surface area contributed by atoms with E-state index in [1.807, 2.05) is 92.0 Å². The molecule has 6 nitrogen and oxygen atoms in total. The number of hydrogen-bond donors (Lipinski definition) is 2. The first-order chi connectivity index (χ1) is 19.9. The van der Waals surface area contributed by atoms with Crippen LogP contribution in [-0.4, -0.2) is 35.0 Å². The van der Waals surface area contributed by atoms with Gasteiger partial charge >= 0.3 is 5.97 Å². The molecular weight excluding hydrogens is 530 g/mol. The second-order valence-electron chi connectivity index (χ2n) is 9.84. The molecule has 0 aromatic heterocycles. The van der Waals surface area contributed by atoms with Gasteiger partial charge in [-0.1, -0.05) is 60.7 Å². The first-order valence-electron chi connectivity index (χ1n) is 13.4. The number of aliphatic carboxylic acids is 1. The lowest BCUT2D eigenvalue weighted by Crippen LogP contribution is -2.41. The van der Waals surface area contributed by atoms with Crippen molar-refractivity contribution in [1.82, 2.24) is 5.32 Å². The molecule has 41 heavy (non-hydrogen) atoms. The molecule has 0 saturated heterocycles. The molecule has 2 N–H and O–H groups in total. The minimum absolute atomic E-state index is 0.346. The third-order valence-corrected chi connectivity index (χ3v) is 7.57. The van der Waals surface area contributed by atoms with Gasteiger partial charge in [-0.25, -0.2) is 4.79 Å². The number of nitrogens with zero attached hydrogens (tertiary/aromatic N) is 2. The third kappa shape index (κ3) is 7.77. The van der Waals surface area contributed by atoms with Crippen molar-refractivity contribution in [2.24, 2.45) is 0 Å². The maximum absolute atomic E-state index is 13.5. The summed E-state index contributed by atoms with van der Waals surface area (Å²) in [4.78, 5) is 27.5. The first kappa shape index (κ1) is 29.4. The number of benzene rings is 4. The van der Waals surface area contributed by atoms with E-state index in [0.717, 1.165) is 33.5 Å². The molecule has 4 aromatic carbocycles. The SMILES string of the molecule is CSCC[C@H](NC(=O)c1ccc(CN(Cc2ccccc2)c2ccc(C#N)cc2)cc1-c1ccccc1C)C(=O)O. The molecule has 1 atom stereocenters. The summed E-state index contributed by atoms with van der Waals surface area (Å²) in [6.07, 6.45) is 2.26. The van der Waals surface area contributed by atoms with Gasteiger partial charge < -0.3 is 15.3 Å². The summed E-state index contributed by atoms with van der Waals surface area (Å²) < 4.78 is 0. The average molecular weight is 564 g/mol. The Morgan fingerprint density at radius 2 is 1.59 bits per heavy atom. The van der Waals surface area contributed by atoms with Gasteiger partial charge in [-0.15, -0.1) is 0 Å². The van der Waals surface area contributed by atoms with E-state index in [1.54, 1.807) is 17.8 Å². The van der Waals surface area contributed by atoms with Gasteiger partial charge in [-0.2, -0.15) is 17.0 Å². The molecule has 0 aliphatic rings.